The van der Waals surface area contributed by atoms with Gasteiger partial charge in [0, 0.05) is 32.2 Å². The van der Waals surface area contributed by atoms with Crippen LogP contribution >= 0.6 is 0 Å². The van der Waals surface area contributed by atoms with E-state index in [0.29, 0.717) is 11.8 Å². The molecule has 0 radical (unpaired) electrons. The van der Waals surface area contributed by atoms with Crippen molar-refractivity contribution in [3.63, 3.8) is 0 Å². The predicted octanol–water partition coefficient (Wildman–Crippen LogP) is -0.192. The largest absolute Gasteiger partial charge is 0.379 e. The second-order valence-corrected chi connectivity index (χ2v) is 6.18. The molecule has 2 aliphatic carbocycles. The van der Waals surface area contributed by atoms with Crippen molar-refractivity contribution < 1.29 is 9.53 Å². The summed E-state index contributed by atoms with van der Waals surface area (Å²) < 4.78 is 5.31. The van der Waals surface area contributed by atoms with Crippen molar-refractivity contribution in [1.29, 1.82) is 0 Å². The predicted molar refractivity (Wildman–Crippen MR) is 72.6 cm³/mol. The average molecular weight is 267 g/mol. The lowest BCUT2D eigenvalue weighted by Gasteiger charge is -2.29. The second kappa shape index (κ2) is 5.77. The summed E-state index contributed by atoms with van der Waals surface area (Å²) in [5.74, 6) is 1.40. The zero-order chi connectivity index (χ0) is 13.2. The van der Waals surface area contributed by atoms with Crippen molar-refractivity contribution in [3.05, 3.63) is 0 Å². The fourth-order valence-electron chi connectivity index (χ4n) is 4.00. The maximum absolute atomic E-state index is 12.3. The van der Waals surface area contributed by atoms with E-state index in [1.807, 2.05) is 0 Å². The number of amides is 1. The fraction of sp³-hybridized carbons (Fsp3) is 0.929. The van der Waals surface area contributed by atoms with Gasteiger partial charge in [-0.3, -0.25) is 9.69 Å². The van der Waals surface area contributed by atoms with Crippen LogP contribution < -0.4 is 11.1 Å². The van der Waals surface area contributed by atoms with Gasteiger partial charge in [-0.1, -0.05) is 0 Å². The second-order valence-electron chi connectivity index (χ2n) is 6.18. The molecule has 5 heteroatoms. The standard InChI is InChI=1S/C14H25N3O2/c15-13-11-2-1-10(9-11)12(13)14(18)16-3-4-17-5-7-19-8-6-17/h10-13H,1-9,15H2,(H,16,18). The summed E-state index contributed by atoms with van der Waals surface area (Å²) >= 11 is 0. The van der Waals surface area contributed by atoms with Crippen molar-refractivity contribution in [3.8, 4) is 0 Å². The van der Waals surface area contributed by atoms with Crippen LogP contribution in [0.25, 0.3) is 0 Å². The molecule has 0 spiro atoms. The van der Waals surface area contributed by atoms with E-state index in [0.717, 1.165) is 39.4 Å². The van der Waals surface area contributed by atoms with Crippen molar-refractivity contribution in [2.45, 2.75) is 25.3 Å². The van der Waals surface area contributed by atoms with E-state index < -0.39 is 0 Å². The first-order valence-electron chi connectivity index (χ1n) is 7.59. The summed E-state index contributed by atoms with van der Waals surface area (Å²) in [7, 11) is 0. The number of hydrogen-bond acceptors (Lipinski definition) is 4. The van der Waals surface area contributed by atoms with Crippen LogP contribution in [-0.2, 0) is 9.53 Å². The number of carbonyl (C=O) groups excluding carboxylic acids is 1. The molecule has 2 saturated carbocycles. The summed E-state index contributed by atoms with van der Waals surface area (Å²) in [5, 5.41) is 3.09. The highest BCUT2D eigenvalue weighted by Gasteiger charge is 2.48. The topological polar surface area (TPSA) is 67.6 Å². The lowest BCUT2D eigenvalue weighted by molar-refractivity contribution is -0.127. The van der Waals surface area contributed by atoms with Crippen LogP contribution in [0.5, 0.6) is 0 Å². The first-order chi connectivity index (χ1) is 9.25. The lowest BCUT2D eigenvalue weighted by atomic mass is 9.84. The fourth-order valence-corrected chi connectivity index (χ4v) is 4.00. The normalized spacial score (nSPS) is 38.6. The number of morpholine rings is 1. The zero-order valence-electron chi connectivity index (χ0n) is 11.5. The van der Waals surface area contributed by atoms with Crippen molar-refractivity contribution in [1.82, 2.24) is 10.2 Å². The number of carbonyl (C=O) groups is 1. The van der Waals surface area contributed by atoms with Gasteiger partial charge < -0.3 is 15.8 Å². The molecule has 0 aromatic carbocycles. The van der Waals surface area contributed by atoms with Gasteiger partial charge in [0.2, 0.25) is 5.91 Å². The Labute approximate surface area is 114 Å². The van der Waals surface area contributed by atoms with E-state index in [2.05, 4.69) is 10.2 Å². The summed E-state index contributed by atoms with van der Waals surface area (Å²) in [4.78, 5) is 14.6. The van der Waals surface area contributed by atoms with Gasteiger partial charge in [0.05, 0.1) is 19.1 Å². The van der Waals surface area contributed by atoms with Crippen LogP contribution in [-0.4, -0.2) is 56.2 Å². The van der Waals surface area contributed by atoms with Crippen LogP contribution in [0.4, 0.5) is 0 Å². The third kappa shape index (κ3) is 2.78. The summed E-state index contributed by atoms with van der Waals surface area (Å²) in [6.07, 6.45) is 3.59. The molecule has 3 aliphatic rings. The maximum Gasteiger partial charge on any atom is 0.225 e. The van der Waals surface area contributed by atoms with Gasteiger partial charge in [0.1, 0.15) is 0 Å². The van der Waals surface area contributed by atoms with Crippen LogP contribution in [0.1, 0.15) is 19.3 Å². The lowest BCUT2D eigenvalue weighted by Crippen LogP contribution is -2.47. The van der Waals surface area contributed by atoms with E-state index in [1.165, 1.54) is 19.3 Å². The number of nitrogens with zero attached hydrogens (tertiary/aromatic N) is 1. The van der Waals surface area contributed by atoms with Gasteiger partial charge in [0.15, 0.2) is 0 Å². The molecule has 2 bridgehead atoms. The Morgan fingerprint density at radius 3 is 2.68 bits per heavy atom. The molecular weight excluding hydrogens is 242 g/mol. The van der Waals surface area contributed by atoms with Gasteiger partial charge in [-0.25, -0.2) is 0 Å². The third-order valence-corrected chi connectivity index (χ3v) is 5.11. The van der Waals surface area contributed by atoms with Crippen molar-refractivity contribution >= 4 is 5.91 Å². The van der Waals surface area contributed by atoms with Gasteiger partial charge in [-0.2, -0.15) is 0 Å². The van der Waals surface area contributed by atoms with E-state index in [-0.39, 0.29) is 17.9 Å². The Morgan fingerprint density at radius 2 is 2.00 bits per heavy atom. The monoisotopic (exact) mass is 267 g/mol. The van der Waals surface area contributed by atoms with Gasteiger partial charge in [-0.05, 0) is 31.1 Å². The summed E-state index contributed by atoms with van der Waals surface area (Å²) in [5.41, 5.74) is 6.19. The Kier molecular flexibility index (Phi) is 4.05. The Morgan fingerprint density at radius 1 is 1.26 bits per heavy atom. The van der Waals surface area contributed by atoms with E-state index >= 15 is 0 Å². The number of rotatable bonds is 4. The highest BCUT2D eigenvalue weighted by atomic mass is 16.5. The SMILES string of the molecule is NC1C2CCC(C2)C1C(=O)NCCN1CCOCC1. The number of nitrogens with two attached hydrogens (primary N) is 1. The van der Waals surface area contributed by atoms with E-state index in [9.17, 15) is 4.79 Å². The van der Waals surface area contributed by atoms with Gasteiger partial charge in [-0.15, -0.1) is 0 Å². The third-order valence-electron chi connectivity index (χ3n) is 5.11. The number of hydrogen-bond donors (Lipinski definition) is 2. The molecule has 108 valence electrons. The molecule has 0 aromatic heterocycles. The molecule has 5 nitrogen and oxygen atoms in total. The van der Waals surface area contributed by atoms with Crippen LogP contribution in [0, 0.1) is 17.8 Å². The van der Waals surface area contributed by atoms with Crippen LogP contribution in [0.3, 0.4) is 0 Å². The average Bonchev–Trinajstić information content (AvgIpc) is 3.00. The molecule has 1 aliphatic heterocycles. The molecule has 3 rings (SSSR count). The zero-order valence-corrected chi connectivity index (χ0v) is 11.5. The van der Waals surface area contributed by atoms with Crippen molar-refractivity contribution in [2.75, 3.05) is 39.4 Å². The maximum atomic E-state index is 12.3. The minimum Gasteiger partial charge on any atom is -0.379 e. The van der Waals surface area contributed by atoms with Crippen molar-refractivity contribution in [2.24, 2.45) is 23.5 Å². The quantitative estimate of drug-likeness (QED) is 0.741. The first-order valence-corrected chi connectivity index (χ1v) is 7.59. The molecule has 1 saturated heterocycles. The number of fused-ring (bicyclic) bond motifs is 2. The minimum atomic E-state index is 0.0726. The highest BCUT2D eigenvalue weighted by Crippen LogP contribution is 2.47. The molecular formula is C14H25N3O2. The van der Waals surface area contributed by atoms with Gasteiger partial charge >= 0.3 is 0 Å². The molecule has 3 N–H and O–H groups in total. The number of nitrogens with one attached hydrogen (secondary N) is 1. The molecule has 0 aromatic rings. The molecule has 3 fully saturated rings. The van der Waals surface area contributed by atoms with Crippen LogP contribution in [0.2, 0.25) is 0 Å². The Bertz CT molecular complexity index is 329. The Balaban J connectivity index is 1.41. The minimum absolute atomic E-state index is 0.0726. The van der Waals surface area contributed by atoms with E-state index in [1.54, 1.807) is 0 Å². The number of ether oxygens (including phenoxy) is 1. The summed E-state index contributed by atoms with van der Waals surface area (Å²) in [6, 6.07) is 0.0992. The smallest absolute Gasteiger partial charge is 0.225 e. The summed E-state index contributed by atoms with van der Waals surface area (Å²) in [6.45, 7) is 5.23. The molecule has 1 heterocycles. The molecule has 4 unspecified atom stereocenters. The molecule has 1 amide bonds. The van der Waals surface area contributed by atoms with Crippen LogP contribution in [0.15, 0.2) is 0 Å². The van der Waals surface area contributed by atoms with E-state index in [4.69, 9.17) is 10.5 Å². The molecule has 19 heavy (non-hydrogen) atoms. The molecule has 4 atom stereocenters. The first kappa shape index (κ1) is 13.3. The highest BCUT2D eigenvalue weighted by molar-refractivity contribution is 5.80. The van der Waals surface area contributed by atoms with Gasteiger partial charge in [0.25, 0.3) is 0 Å². The Hall–Kier alpha value is -0.650.